The Morgan fingerprint density at radius 2 is 1.96 bits per heavy atom. The second kappa shape index (κ2) is 6.51. The third kappa shape index (κ3) is 2.88. The number of hydrogen-bond acceptors (Lipinski definition) is 4. The van der Waals surface area contributed by atoms with Gasteiger partial charge in [-0.2, -0.15) is 0 Å². The van der Waals surface area contributed by atoms with E-state index in [2.05, 4.69) is 15.0 Å². The molecule has 0 fully saturated rings. The number of aromatic nitrogens is 2. The number of rotatable bonds is 2. The Morgan fingerprint density at radius 3 is 2.69 bits per heavy atom. The maximum atomic E-state index is 12.9. The Morgan fingerprint density at radius 1 is 1.15 bits per heavy atom. The van der Waals surface area contributed by atoms with Crippen molar-refractivity contribution in [3.8, 4) is 0 Å². The van der Waals surface area contributed by atoms with Gasteiger partial charge in [0.1, 0.15) is 5.76 Å². The van der Waals surface area contributed by atoms with Crippen molar-refractivity contribution in [2.75, 3.05) is 11.9 Å². The van der Waals surface area contributed by atoms with Gasteiger partial charge in [0.25, 0.3) is 0 Å². The highest BCUT2D eigenvalue weighted by Crippen LogP contribution is 2.32. The van der Waals surface area contributed by atoms with Crippen molar-refractivity contribution in [3.63, 3.8) is 0 Å². The summed E-state index contributed by atoms with van der Waals surface area (Å²) in [6.45, 7) is 2.81. The number of carbonyl (C=O) groups excluding carboxylic acids is 2. The first-order valence-electron chi connectivity index (χ1n) is 8.39. The molecule has 1 aliphatic heterocycles. The Bertz CT molecular complexity index is 945. The third-order valence-corrected chi connectivity index (χ3v) is 4.48. The Labute approximate surface area is 150 Å². The summed E-state index contributed by atoms with van der Waals surface area (Å²) in [5.41, 5.74) is 1.95. The van der Waals surface area contributed by atoms with Gasteiger partial charge in [0.15, 0.2) is 5.82 Å². The molecule has 1 aromatic carbocycles. The number of nitrogens with zero attached hydrogens (tertiary/aromatic N) is 3. The molecule has 7 nitrogen and oxygen atoms in total. The van der Waals surface area contributed by atoms with Gasteiger partial charge in [0.2, 0.25) is 0 Å². The molecule has 2 aromatic heterocycles. The second-order valence-electron chi connectivity index (χ2n) is 6.22. The number of benzene rings is 1. The second-order valence-corrected chi connectivity index (χ2v) is 6.22. The van der Waals surface area contributed by atoms with Gasteiger partial charge in [-0.25, -0.2) is 0 Å². The van der Waals surface area contributed by atoms with Crippen molar-refractivity contribution < 1.29 is 14.1 Å². The summed E-state index contributed by atoms with van der Waals surface area (Å²) in [6, 6.07) is 14.9. The van der Waals surface area contributed by atoms with Gasteiger partial charge in [0.05, 0.1) is 6.04 Å². The zero-order valence-electron chi connectivity index (χ0n) is 14.3. The summed E-state index contributed by atoms with van der Waals surface area (Å²) in [5, 5.41) is 6.21. The van der Waals surface area contributed by atoms with Gasteiger partial charge in [-0.05, 0) is 24.6 Å². The van der Waals surface area contributed by atoms with Crippen LogP contribution in [0.1, 0.15) is 23.1 Å². The largest absolute Gasteiger partial charge is 0.360 e. The molecular weight excluding hydrogens is 332 g/mol. The number of anilines is 1. The molecule has 3 aromatic rings. The van der Waals surface area contributed by atoms with E-state index in [4.69, 9.17) is 4.52 Å². The first kappa shape index (κ1) is 16.1. The maximum absolute atomic E-state index is 12.9. The Hall–Kier alpha value is -3.35. The van der Waals surface area contributed by atoms with E-state index in [1.165, 1.54) is 0 Å². The standard InChI is InChI=1S/C19H18N4O3/c1-13-12-16(21-26-13)20-18(24)19(25)23-11-10-22-9-5-8-15(22)17(23)14-6-3-2-4-7-14/h2-9,12,17H,10-11H2,1H3,(H,20,21,24). The lowest BCUT2D eigenvalue weighted by molar-refractivity contribution is -0.145. The van der Waals surface area contributed by atoms with Crippen LogP contribution in [0, 0.1) is 6.92 Å². The minimum atomic E-state index is -0.723. The molecule has 0 bridgehead atoms. The zero-order valence-corrected chi connectivity index (χ0v) is 14.3. The van der Waals surface area contributed by atoms with E-state index in [-0.39, 0.29) is 11.9 Å². The molecule has 4 rings (SSSR count). The fourth-order valence-electron chi connectivity index (χ4n) is 3.31. The van der Waals surface area contributed by atoms with Crippen LogP contribution in [0.3, 0.4) is 0 Å². The highest BCUT2D eigenvalue weighted by molar-refractivity contribution is 6.39. The van der Waals surface area contributed by atoms with Crippen LogP contribution in [0.5, 0.6) is 0 Å². The molecule has 132 valence electrons. The summed E-state index contributed by atoms with van der Waals surface area (Å²) >= 11 is 0. The summed E-state index contributed by atoms with van der Waals surface area (Å²) in [7, 11) is 0. The molecule has 2 amide bonds. The van der Waals surface area contributed by atoms with Crippen LogP contribution in [-0.4, -0.2) is 33.0 Å². The zero-order chi connectivity index (χ0) is 18.1. The smallest absolute Gasteiger partial charge is 0.315 e. The van der Waals surface area contributed by atoms with Crippen LogP contribution in [0.25, 0.3) is 0 Å². The lowest BCUT2D eigenvalue weighted by Gasteiger charge is -2.36. The number of hydrogen-bond donors (Lipinski definition) is 1. The van der Waals surface area contributed by atoms with E-state index in [1.807, 2.05) is 48.7 Å². The molecule has 1 atom stereocenters. The SMILES string of the molecule is Cc1cc(NC(=O)C(=O)N2CCn3cccc3C2c2ccccc2)no1. The maximum Gasteiger partial charge on any atom is 0.315 e. The highest BCUT2D eigenvalue weighted by Gasteiger charge is 2.35. The van der Waals surface area contributed by atoms with Crippen molar-refractivity contribution in [3.05, 3.63) is 71.7 Å². The van der Waals surface area contributed by atoms with Crippen LogP contribution in [0.2, 0.25) is 0 Å². The molecule has 0 spiro atoms. The third-order valence-electron chi connectivity index (χ3n) is 4.48. The highest BCUT2D eigenvalue weighted by atomic mass is 16.5. The van der Waals surface area contributed by atoms with E-state index in [1.54, 1.807) is 17.9 Å². The molecule has 1 unspecified atom stereocenters. The first-order valence-corrected chi connectivity index (χ1v) is 8.39. The van der Waals surface area contributed by atoms with Gasteiger partial charge in [-0.15, -0.1) is 0 Å². The average Bonchev–Trinajstić information content (AvgIpc) is 3.29. The lowest BCUT2D eigenvalue weighted by atomic mass is 10.00. The van der Waals surface area contributed by atoms with Gasteiger partial charge in [-0.3, -0.25) is 14.9 Å². The monoisotopic (exact) mass is 350 g/mol. The first-order chi connectivity index (χ1) is 12.6. The van der Waals surface area contributed by atoms with Crippen LogP contribution >= 0.6 is 0 Å². The molecular formula is C19H18N4O3. The average molecular weight is 350 g/mol. The molecule has 1 aliphatic rings. The van der Waals surface area contributed by atoms with Crippen LogP contribution < -0.4 is 5.32 Å². The predicted octanol–water partition coefficient (Wildman–Crippen LogP) is 2.35. The van der Waals surface area contributed by atoms with Crippen molar-refractivity contribution in [2.24, 2.45) is 0 Å². The Kier molecular flexibility index (Phi) is 4.04. The van der Waals surface area contributed by atoms with Crippen molar-refractivity contribution in [1.82, 2.24) is 14.6 Å². The molecule has 0 aliphatic carbocycles. The molecule has 3 heterocycles. The van der Waals surface area contributed by atoms with Gasteiger partial charge >= 0.3 is 11.8 Å². The summed E-state index contributed by atoms with van der Waals surface area (Å²) in [6.07, 6.45) is 1.99. The van der Waals surface area contributed by atoms with Gasteiger partial charge in [-0.1, -0.05) is 35.5 Å². The molecule has 1 N–H and O–H groups in total. The lowest BCUT2D eigenvalue weighted by Crippen LogP contribution is -2.47. The number of amides is 2. The van der Waals surface area contributed by atoms with Crippen LogP contribution in [0.15, 0.2) is 59.3 Å². The predicted molar refractivity (Wildman–Crippen MR) is 94.3 cm³/mol. The number of fused-ring (bicyclic) bond motifs is 1. The number of carbonyl (C=O) groups is 2. The van der Waals surface area contributed by atoms with Gasteiger partial charge < -0.3 is 14.0 Å². The van der Waals surface area contributed by atoms with Crippen molar-refractivity contribution in [2.45, 2.75) is 19.5 Å². The van der Waals surface area contributed by atoms with Crippen LogP contribution in [0.4, 0.5) is 5.82 Å². The van der Waals surface area contributed by atoms with E-state index in [0.29, 0.717) is 18.8 Å². The molecule has 0 saturated carbocycles. The fourth-order valence-corrected chi connectivity index (χ4v) is 3.31. The Balaban J connectivity index is 1.63. The summed E-state index contributed by atoms with van der Waals surface area (Å²) in [4.78, 5) is 26.9. The fraction of sp³-hybridized carbons (Fsp3) is 0.211. The van der Waals surface area contributed by atoms with Crippen LogP contribution in [-0.2, 0) is 16.1 Å². The van der Waals surface area contributed by atoms with Gasteiger partial charge in [0, 0.05) is 31.0 Å². The minimum absolute atomic E-state index is 0.234. The van der Waals surface area contributed by atoms with E-state index >= 15 is 0 Å². The minimum Gasteiger partial charge on any atom is -0.360 e. The van der Waals surface area contributed by atoms with E-state index in [0.717, 1.165) is 11.3 Å². The summed E-state index contributed by atoms with van der Waals surface area (Å²) in [5.74, 6) is -0.519. The number of nitrogens with one attached hydrogen (secondary N) is 1. The topological polar surface area (TPSA) is 80.4 Å². The van der Waals surface area contributed by atoms with E-state index in [9.17, 15) is 9.59 Å². The normalized spacial score (nSPS) is 16.2. The van der Waals surface area contributed by atoms with Crippen molar-refractivity contribution >= 4 is 17.6 Å². The summed E-state index contributed by atoms with van der Waals surface area (Å²) < 4.78 is 7.04. The molecule has 26 heavy (non-hydrogen) atoms. The van der Waals surface area contributed by atoms with Crippen molar-refractivity contribution in [1.29, 1.82) is 0 Å². The quantitative estimate of drug-likeness (QED) is 0.720. The molecule has 7 heteroatoms. The molecule has 0 saturated heterocycles. The number of aryl methyl sites for hydroxylation is 1. The van der Waals surface area contributed by atoms with E-state index < -0.39 is 11.8 Å². The molecule has 0 radical (unpaired) electrons.